The van der Waals surface area contributed by atoms with Crippen molar-refractivity contribution in [3.05, 3.63) is 0 Å². The molecule has 0 amide bonds. The van der Waals surface area contributed by atoms with Crippen molar-refractivity contribution in [3.8, 4) is 0 Å². The lowest BCUT2D eigenvalue weighted by Crippen LogP contribution is -2.74. The van der Waals surface area contributed by atoms with Gasteiger partial charge in [-0.1, -0.05) is 0 Å². The number of halogens is 9. The minimum Gasteiger partial charge on any atom is -0.488 e. The van der Waals surface area contributed by atoms with E-state index in [4.69, 9.17) is 5.11 Å². The molecule has 0 saturated heterocycles. The summed E-state index contributed by atoms with van der Waals surface area (Å²) in [5.74, 6) is -27.4. The van der Waals surface area contributed by atoms with Crippen molar-refractivity contribution < 1.29 is 58.6 Å². The van der Waals surface area contributed by atoms with E-state index in [-0.39, 0.29) is 0 Å². The largest absolute Gasteiger partial charge is 0.599 e. The summed E-state index contributed by atoms with van der Waals surface area (Å²) in [5, 5.41) is 7.79. The molecule has 0 saturated carbocycles. The van der Waals surface area contributed by atoms with Crippen LogP contribution in [0, 0.1) is 0 Å². The third-order valence-electron chi connectivity index (χ3n) is 1.62. The highest BCUT2D eigenvalue weighted by Crippen LogP contribution is 2.50. The molecule has 0 aromatic heterocycles. The van der Waals surface area contributed by atoms with E-state index >= 15 is 0 Å². The van der Waals surface area contributed by atoms with Gasteiger partial charge in [0, 0.05) is 0 Å². The molecule has 0 spiro atoms. The third-order valence-corrected chi connectivity index (χ3v) is 4.50. The van der Waals surface area contributed by atoms with E-state index in [9.17, 15) is 49.1 Å². The summed E-state index contributed by atoms with van der Waals surface area (Å²) >= 11 is 0. The second-order valence-electron chi connectivity index (χ2n) is 2.87. The Bertz CT molecular complexity index is 344. The molecule has 0 bridgehead atoms. The summed E-state index contributed by atoms with van der Waals surface area (Å²) in [6.45, 7) is 0. The highest BCUT2D eigenvalue weighted by atomic mass is 28.4. The van der Waals surface area contributed by atoms with Crippen LogP contribution in [0.1, 0.15) is 0 Å². The van der Waals surface area contributed by atoms with E-state index in [2.05, 4.69) is 4.43 Å². The topological polar surface area (TPSA) is 63.6 Å². The minimum absolute atomic E-state index is 2.32. The van der Waals surface area contributed by atoms with Gasteiger partial charge in [0.2, 0.25) is 0 Å². The van der Waals surface area contributed by atoms with Crippen LogP contribution in [0.3, 0.4) is 0 Å². The molecular formula is C5HF9O4Si. The van der Waals surface area contributed by atoms with Crippen molar-refractivity contribution >= 4 is 20.3 Å². The number of carbonyl (C=O) groups is 2. The van der Waals surface area contributed by atoms with Gasteiger partial charge < -0.3 is 9.53 Å². The molecule has 19 heavy (non-hydrogen) atoms. The Morgan fingerprint density at radius 2 is 1.05 bits per heavy atom. The molecular weight excluding hydrogens is 323 g/mol. The van der Waals surface area contributed by atoms with Gasteiger partial charge in [-0.15, -0.1) is 0 Å². The highest BCUT2D eigenvalue weighted by molar-refractivity contribution is 6.81. The maximum absolute atomic E-state index is 12.1. The van der Waals surface area contributed by atoms with Crippen molar-refractivity contribution in [2.75, 3.05) is 0 Å². The van der Waals surface area contributed by atoms with Crippen LogP contribution in [0.4, 0.5) is 39.5 Å². The molecule has 0 aliphatic carbocycles. The second-order valence-corrected chi connectivity index (χ2v) is 6.14. The van der Waals surface area contributed by atoms with Crippen molar-refractivity contribution in [2.45, 2.75) is 17.4 Å². The van der Waals surface area contributed by atoms with E-state index in [0.717, 1.165) is 0 Å². The zero-order chi connectivity index (χ0) is 15.9. The summed E-state index contributed by atoms with van der Waals surface area (Å²) in [5.41, 5.74) is 0. The van der Waals surface area contributed by atoms with Gasteiger partial charge in [0.1, 0.15) is 0 Å². The van der Waals surface area contributed by atoms with Crippen molar-refractivity contribution in [3.63, 3.8) is 0 Å². The van der Waals surface area contributed by atoms with Crippen LogP contribution in [-0.2, 0) is 14.0 Å². The van der Waals surface area contributed by atoms with Gasteiger partial charge in [-0.2, -0.15) is 39.5 Å². The first-order chi connectivity index (χ1) is 8.08. The van der Waals surface area contributed by atoms with E-state index < -0.39 is 37.7 Å². The van der Waals surface area contributed by atoms with Gasteiger partial charge in [-0.05, 0) is 0 Å². The summed E-state index contributed by atoms with van der Waals surface area (Å²) in [6, 6.07) is 0. The summed E-state index contributed by atoms with van der Waals surface area (Å²) < 4.78 is 112. The van der Waals surface area contributed by atoms with Crippen molar-refractivity contribution in [1.82, 2.24) is 0 Å². The van der Waals surface area contributed by atoms with Gasteiger partial charge in [-0.25, -0.2) is 9.59 Å². The lowest BCUT2D eigenvalue weighted by atomic mass is 10.7. The number of carboxylic acids is 1. The molecule has 4 nitrogen and oxygen atoms in total. The highest BCUT2D eigenvalue weighted by Gasteiger charge is 2.92. The van der Waals surface area contributed by atoms with E-state index in [0.29, 0.717) is 0 Å². The van der Waals surface area contributed by atoms with Crippen LogP contribution in [0.5, 0.6) is 0 Å². The molecule has 0 radical (unpaired) electrons. The first-order valence-electron chi connectivity index (χ1n) is 3.74. The molecule has 112 valence electrons. The fraction of sp³-hybridized carbons (Fsp3) is 0.600. The van der Waals surface area contributed by atoms with Crippen LogP contribution in [0.2, 0.25) is 0 Å². The molecule has 0 aliphatic heterocycles. The molecule has 0 aromatic rings. The Morgan fingerprint density at radius 3 is 1.21 bits per heavy atom. The number of carbonyl (C=O) groups excluding carboxylic acids is 1. The molecule has 0 aliphatic rings. The maximum Gasteiger partial charge on any atom is 0.599 e. The van der Waals surface area contributed by atoms with Gasteiger partial charge in [0.15, 0.2) is 0 Å². The SMILES string of the molecule is O=C(O)C(=O)O[Si](C(F)(F)F)(C(F)(F)F)C(F)(F)F. The molecule has 0 heterocycles. The number of alkyl halides is 9. The van der Waals surface area contributed by atoms with E-state index in [1.165, 1.54) is 0 Å². The number of aliphatic carboxylic acids is 1. The molecule has 1 N–H and O–H groups in total. The van der Waals surface area contributed by atoms with Crippen LogP contribution >= 0.6 is 0 Å². The molecule has 0 aromatic carbocycles. The van der Waals surface area contributed by atoms with Crippen LogP contribution in [0.25, 0.3) is 0 Å². The van der Waals surface area contributed by atoms with Crippen LogP contribution < -0.4 is 0 Å². The Labute approximate surface area is 97.4 Å². The Kier molecular flexibility index (Phi) is 4.22. The normalized spacial score (nSPS) is 14.2. The number of rotatable bonds is 1. The van der Waals surface area contributed by atoms with Gasteiger partial charge in [-0.3, -0.25) is 0 Å². The number of hydrogen-bond donors (Lipinski definition) is 1. The van der Waals surface area contributed by atoms with Crippen LogP contribution in [0.15, 0.2) is 0 Å². The maximum atomic E-state index is 12.1. The average Bonchev–Trinajstić information content (AvgIpc) is 2.06. The fourth-order valence-electron chi connectivity index (χ4n) is 0.838. The third kappa shape index (κ3) is 2.93. The smallest absolute Gasteiger partial charge is 0.488 e. The lowest BCUT2D eigenvalue weighted by Gasteiger charge is -2.33. The monoisotopic (exact) mass is 324 g/mol. The zero-order valence-corrected chi connectivity index (χ0v) is 9.07. The Morgan fingerprint density at radius 1 is 0.789 bits per heavy atom. The number of hydrogen-bond acceptors (Lipinski definition) is 3. The standard InChI is InChI=1S/C5HF9O4Si/c6-3(7,8)19(4(9,10)11,5(12,13)14)18-2(17)1(15)16/h(H,15,16). The lowest BCUT2D eigenvalue weighted by molar-refractivity contribution is -0.198. The first kappa shape index (κ1) is 17.5. The van der Waals surface area contributed by atoms with Gasteiger partial charge in [0.25, 0.3) is 0 Å². The molecule has 0 fully saturated rings. The minimum atomic E-state index is -8.76. The first-order valence-corrected chi connectivity index (χ1v) is 5.65. The quantitative estimate of drug-likeness (QED) is 0.454. The summed E-state index contributed by atoms with van der Waals surface area (Å²) in [7, 11) is -8.76. The van der Waals surface area contributed by atoms with Crippen LogP contribution in [-0.4, -0.2) is 42.8 Å². The Balaban J connectivity index is 6.12. The van der Waals surface area contributed by atoms with Gasteiger partial charge >= 0.3 is 37.7 Å². The average molecular weight is 324 g/mol. The zero-order valence-electron chi connectivity index (χ0n) is 8.07. The molecule has 0 rings (SSSR count). The molecule has 0 atom stereocenters. The van der Waals surface area contributed by atoms with E-state index in [1.54, 1.807) is 0 Å². The fourth-order valence-corrected chi connectivity index (χ4v) is 2.52. The summed E-state index contributed by atoms with van der Waals surface area (Å²) in [6.07, 6.45) is 0. The Hall–Kier alpha value is -1.47. The predicted octanol–water partition coefficient (Wildman–Crippen LogP) is 1.86. The number of carboxylic acid groups (broad SMARTS) is 1. The summed E-state index contributed by atoms with van der Waals surface area (Å²) in [4.78, 5) is 20.0. The molecule has 14 heteroatoms. The second kappa shape index (κ2) is 4.57. The predicted molar refractivity (Wildman–Crippen MR) is 37.6 cm³/mol. The molecule has 0 unspecified atom stereocenters. The van der Waals surface area contributed by atoms with Crippen molar-refractivity contribution in [1.29, 1.82) is 0 Å². The van der Waals surface area contributed by atoms with Gasteiger partial charge in [0.05, 0.1) is 0 Å². The van der Waals surface area contributed by atoms with Crippen molar-refractivity contribution in [2.24, 2.45) is 0 Å². The van der Waals surface area contributed by atoms with E-state index in [1.807, 2.05) is 0 Å².